The Morgan fingerprint density at radius 3 is 2.40 bits per heavy atom. The number of para-hydroxylation sites is 1. The van der Waals surface area contributed by atoms with Gasteiger partial charge in [0.2, 0.25) is 5.78 Å². The van der Waals surface area contributed by atoms with Crippen molar-refractivity contribution < 1.29 is 9.53 Å². The Hall–Kier alpha value is -1.80. The van der Waals surface area contributed by atoms with Crippen molar-refractivity contribution in [3.05, 3.63) is 64.7 Å². The average Bonchev–Trinajstić information content (AvgIpc) is 2.49. The Morgan fingerprint density at radius 2 is 1.80 bits per heavy atom. The summed E-state index contributed by atoms with van der Waals surface area (Å²) in [5.74, 6) is 0.479. The highest BCUT2D eigenvalue weighted by Gasteiger charge is 2.17. The van der Waals surface area contributed by atoms with Gasteiger partial charge in [-0.2, -0.15) is 0 Å². The van der Waals surface area contributed by atoms with Gasteiger partial charge in [-0.15, -0.1) is 0 Å². The number of ketones is 1. The molecule has 1 unspecified atom stereocenters. The largest absolute Gasteiger partial charge is 0.481 e. The van der Waals surface area contributed by atoms with Crippen LogP contribution in [0.4, 0.5) is 0 Å². The number of Topliss-reactive ketones (excluding diaryl/α,β-unsaturated/α-hetero) is 1. The molecule has 1 atom stereocenters. The SMILES string of the molecule is CCc1ccc(C(=O)C(C)Oc2ccccc2Cl)cc1. The van der Waals surface area contributed by atoms with Crippen molar-refractivity contribution in [3.8, 4) is 5.75 Å². The molecule has 0 saturated carbocycles. The molecule has 0 amide bonds. The summed E-state index contributed by atoms with van der Waals surface area (Å²) in [4.78, 5) is 12.3. The second-order valence-corrected chi connectivity index (χ2v) is 5.01. The second-order valence-electron chi connectivity index (χ2n) is 4.61. The molecule has 0 spiro atoms. The van der Waals surface area contributed by atoms with E-state index in [4.69, 9.17) is 16.3 Å². The zero-order chi connectivity index (χ0) is 14.5. The van der Waals surface area contributed by atoms with Gasteiger partial charge >= 0.3 is 0 Å². The molecule has 2 aromatic rings. The molecule has 0 aliphatic heterocycles. The van der Waals surface area contributed by atoms with Crippen molar-refractivity contribution >= 4 is 17.4 Å². The van der Waals surface area contributed by atoms with E-state index in [1.165, 1.54) is 5.56 Å². The van der Waals surface area contributed by atoms with Crippen LogP contribution in [-0.2, 0) is 6.42 Å². The highest BCUT2D eigenvalue weighted by atomic mass is 35.5. The topological polar surface area (TPSA) is 26.3 Å². The molecule has 0 radical (unpaired) electrons. The van der Waals surface area contributed by atoms with E-state index >= 15 is 0 Å². The Labute approximate surface area is 124 Å². The zero-order valence-corrected chi connectivity index (χ0v) is 12.4. The quantitative estimate of drug-likeness (QED) is 0.754. The minimum Gasteiger partial charge on any atom is -0.481 e. The van der Waals surface area contributed by atoms with Crippen LogP contribution in [-0.4, -0.2) is 11.9 Å². The van der Waals surface area contributed by atoms with E-state index in [1.54, 1.807) is 19.1 Å². The lowest BCUT2D eigenvalue weighted by Gasteiger charge is -2.14. The van der Waals surface area contributed by atoms with Crippen LogP contribution in [0.1, 0.15) is 29.8 Å². The molecule has 0 aliphatic rings. The van der Waals surface area contributed by atoms with Crippen molar-refractivity contribution in [2.24, 2.45) is 0 Å². The van der Waals surface area contributed by atoms with E-state index in [0.29, 0.717) is 16.3 Å². The summed E-state index contributed by atoms with van der Waals surface area (Å²) in [6.07, 6.45) is 0.391. The van der Waals surface area contributed by atoms with Crippen molar-refractivity contribution in [1.82, 2.24) is 0 Å². The fraction of sp³-hybridized carbons (Fsp3) is 0.235. The summed E-state index contributed by atoms with van der Waals surface area (Å²) in [6.45, 7) is 3.82. The van der Waals surface area contributed by atoms with Gasteiger partial charge in [0.1, 0.15) is 5.75 Å². The van der Waals surface area contributed by atoms with Crippen molar-refractivity contribution in [2.45, 2.75) is 26.4 Å². The monoisotopic (exact) mass is 288 g/mol. The van der Waals surface area contributed by atoms with Crippen molar-refractivity contribution in [2.75, 3.05) is 0 Å². The van der Waals surface area contributed by atoms with Crippen LogP contribution < -0.4 is 4.74 Å². The van der Waals surface area contributed by atoms with Gasteiger partial charge in [-0.05, 0) is 31.0 Å². The lowest BCUT2D eigenvalue weighted by atomic mass is 10.0. The smallest absolute Gasteiger partial charge is 0.202 e. The summed E-state index contributed by atoms with van der Waals surface area (Å²) >= 11 is 6.02. The van der Waals surface area contributed by atoms with Crippen LogP contribution in [0, 0.1) is 0 Å². The Kier molecular flexibility index (Phi) is 4.80. The van der Waals surface area contributed by atoms with Crippen LogP contribution in [0.15, 0.2) is 48.5 Å². The normalized spacial score (nSPS) is 11.9. The number of rotatable bonds is 5. The van der Waals surface area contributed by atoms with Gasteiger partial charge in [0.05, 0.1) is 5.02 Å². The first-order chi connectivity index (χ1) is 9.61. The first kappa shape index (κ1) is 14.6. The number of hydrogen-bond acceptors (Lipinski definition) is 2. The van der Waals surface area contributed by atoms with Gasteiger partial charge in [0, 0.05) is 5.56 Å². The Balaban J connectivity index is 2.10. The molecule has 0 N–H and O–H groups in total. The predicted octanol–water partition coefficient (Wildman–Crippen LogP) is 4.55. The van der Waals surface area contributed by atoms with E-state index in [1.807, 2.05) is 36.4 Å². The van der Waals surface area contributed by atoms with Crippen LogP contribution in [0.3, 0.4) is 0 Å². The molecule has 0 aromatic heterocycles. The van der Waals surface area contributed by atoms with E-state index in [0.717, 1.165) is 6.42 Å². The van der Waals surface area contributed by atoms with Gasteiger partial charge < -0.3 is 4.74 Å². The van der Waals surface area contributed by atoms with Crippen molar-refractivity contribution in [1.29, 1.82) is 0 Å². The number of benzene rings is 2. The molecule has 20 heavy (non-hydrogen) atoms. The zero-order valence-electron chi connectivity index (χ0n) is 11.6. The highest BCUT2D eigenvalue weighted by Crippen LogP contribution is 2.24. The number of hydrogen-bond donors (Lipinski definition) is 0. The predicted molar refractivity (Wildman–Crippen MR) is 81.7 cm³/mol. The fourth-order valence-corrected chi connectivity index (χ4v) is 2.10. The molecule has 0 bridgehead atoms. The van der Waals surface area contributed by atoms with E-state index < -0.39 is 6.10 Å². The molecule has 2 rings (SSSR count). The molecule has 2 nitrogen and oxygen atoms in total. The lowest BCUT2D eigenvalue weighted by Crippen LogP contribution is -2.24. The number of halogens is 1. The maximum absolute atomic E-state index is 12.3. The summed E-state index contributed by atoms with van der Waals surface area (Å²) in [7, 11) is 0. The van der Waals surface area contributed by atoms with E-state index in [-0.39, 0.29) is 5.78 Å². The maximum Gasteiger partial charge on any atom is 0.202 e. The molecule has 104 valence electrons. The van der Waals surface area contributed by atoms with Crippen LogP contribution in [0.2, 0.25) is 5.02 Å². The summed E-state index contributed by atoms with van der Waals surface area (Å²) < 4.78 is 5.64. The molecular weight excluding hydrogens is 272 g/mol. The number of carbonyl (C=O) groups excluding carboxylic acids is 1. The van der Waals surface area contributed by atoms with Crippen LogP contribution in [0.5, 0.6) is 5.75 Å². The van der Waals surface area contributed by atoms with Gasteiger partial charge in [0.15, 0.2) is 6.10 Å². The van der Waals surface area contributed by atoms with Gasteiger partial charge in [0.25, 0.3) is 0 Å². The van der Waals surface area contributed by atoms with Crippen LogP contribution in [0.25, 0.3) is 0 Å². The second kappa shape index (κ2) is 6.58. The fourth-order valence-electron chi connectivity index (χ4n) is 1.92. The minimum absolute atomic E-state index is 0.0485. The molecule has 3 heteroatoms. The maximum atomic E-state index is 12.3. The Morgan fingerprint density at radius 1 is 1.15 bits per heavy atom. The summed E-state index contributed by atoms with van der Waals surface area (Å²) in [5.41, 5.74) is 1.86. The molecule has 0 fully saturated rings. The van der Waals surface area contributed by atoms with E-state index in [9.17, 15) is 4.79 Å². The third kappa shape index (κ3) is 3.40. The molecular formula is C17H17ClO2. The molecule has 0 saturated heterocycles. The number of ether oxygens (including phenoxy) is 1. The van der Waals surface area contributed by atoms with Gasteiger partial charge in [-0.25, -0.2) is 0 Å². The van der Waals surface area contributed by atoms with Gasteiger partial charge in [-0.3, -0.25) is 4.79 Å². The van der Waals surface area contributed by atoms with E-state index in [2.05, 4.69) is 6.92 Å². The first-order valence-electron chi connectivity index (χ1n) is 6.66. The first-order valence-corrected chi connectivity index (χ1v) is 7.04. The van der Waals surface area contributed by atoms with Gasteiger partial charge in [-0.1, -0.05) is 54.9 Å². The third-order valence-corrected chi connectivity index (χ3v) is 3.47. The highest BCUT2D eigenvalue weighted by molar-refractivity contribution is 6.32. The summed E-state index contributed by atoms with van der Waals surface area (Å²) in [6, 6.07) is 14.8. The number of aryl methyl sites for hydroxylation is 1. The Bertz CT molecular complexity index is 590. The minimum atomic E-state index is -0.567. The molecule has 0 aliphatic carbocycles. The average molecular weight is 289 g/mol. The molecule has 2 aromatic carbocycles. The van der Waals surface area contributed by atoms with Crippen molar-refractivity contribution in [3.63, 3.8) is 0 Å². The third-order valence-electron chi connectivity index (χ3n) is 3.16. The number of carbonyl (C=O) groups is 1. The lowest BCUT2D eigenvalue weighted by molar-refractivity contribution is 0.0818. The summed E-state index contributed by atoms with van der Waals surface area (Å²) in [5, 5.41) is 0.508. The standard InChI is InChI=1S/C17H17ClO2/c1-3-13-8-10-14(11-9-13)17(19)12(2)20-16-7-5-4-6-15(16)18/h4-12H,3H2,1-2H3. The molecule has 0 heterocycles. The van der Waals surface area contributed by atoms with Crippen LogP contribution >= 0.6 is 11.6 Å².